The minimum atomic E-state index is 0.606. The van der Waals surface area contributed by atoms with Crippen molar-refractivity contribution in [2.24, 2.45) is 0 Å². The quantitative estimate of drug-likeness (QED) is 0.568. The number of pyridine rings is 1. The zero-order valence-electron chi connectivity index (χ0n) is 17.4. The third-order valence-electron chi connectivity index (χ3n) is 5.15. The fraction of sp³-hybridized carbons (Fsp3) is 0.409. The Balaban J connectivity index is 1.51. The number of benzene rings is 1. The Morgan fingerprint density at radius 1 is 1.10 bits per heavy atom. The lowest BCUT2D eigenvalue weighted by Crippen LogP contribution is -2.37. The molecule has 0 amide bonds. The summed E-state index contributed by atoms with van der Waals surface area (Å²) in [5, 5.41) is 4.17. The molecule has 0 saturated carbocycles. The van der Waals surface area contributed by atoms with Crippen LogP contribution in [0.4, 0.5) is 11.6 Å². The molecular weight excluding hydrogens is 382 g/mol. The second-order valence-electron chi connectivity index (χ2n) is 7.19. The van der Waals surface area contributed by atoms with Crippen molar-refractivity contribution in [2.45, 2.75) is 13.3 Å². The highest BCUT2D eigenvalue weighted by Crippen LogP contribution is 2.34. The number of ether oxygens (including phenoxy) is 3. The van der Waals surface area contributed by atoms with Gasteiger partial charge >= 0.3 is 0 Å². The standard InChI is InChI=1S/C22H27N5O3/c1-16-5-3-6-23-21(16)26-22-17-13-20(19(28-2)14-18(17)24-15-25-22)30-10-4-7-27-8-11-29-12-9-27/h3,5-6,13-15H,4,7-12H2,1-2H3,(H,23,24,25,26). The van der Waals surface area contributed by atoms with Crippen molar-refractivity contribution >= 4 is 22.5 Å². The number of nitrogens with one attached hydrogen (secondary N) is 1. The van der Waals surface area contributed by atoms with Crippen LogP contribution in [0.25, 0.3) is 10.9 Å². The van der Waals surface area contributed by atoms with Crippen LogP contribution in [0.15, 0.2) is 36.8 Å². The molecule has 0 unspecified atom stereocenters. The van der Waals surface area contributed by atoms with Crippen molar-refractivity contribution in [3.8, 4) is 11.5 Å². The topological polar surface area (TPSA) is 81.6 Å². The molecule has 1 aliphatic heterocycles. The van der Waals surface area contributed by atoms with Gasteiger partial charge in [0.25, 0.3) is 0 Å². The Bertz CT molecular complexity index is 992. The van der Waals surface area contributed by atoms with Gasteiger partial charge in [0.15, 0.2) is 11.5 Å². The minimum absolute atomic E-state index is 0.606. The number of morpholine rings is 1. The number of nitrogens with zero attached hydrogens (tertiary/aromatic N) is 4. The Labute approximate surface area is 176 Å². The SMILES string of the molecule is COc1cc2ncnc(Nc3ncccc3C)c2cc1OCCCN1CCOCC1. The van der Waals surface area contributed by atoms with Gasteiger partial charge in [0.1, 0.15) is 18.0 Å². The Kier molecular flexibility index (Phi) is 6.56. The summed E-state index contributed by atoms with van der Waals surface area (Å²) < 4.78 is 17.0. The number of hydrogen-bond donors (Lipinski definition) is 1. The fourth-order valence-corrected chi connectivity index (χ4v) is 3.46. The summed E-state index contributed by atoms with van der Waals surface area (Å²) in [4.78, 5) is 15.6. The highest BCUT2D eigenvalue weighted by atomic mass is 16.5. The molecule has 0 radical (unpaired) electrons. The smallest absolute Gasteiger partial charge is 0.162 e. The van der Waals surface area contributed by atoms with E-state index in [1.807, 2.05) is 31.2 Å². The van der Waals surface area contributed by atoms with Crippen LogP contribution in [0, 0.1) is 6.92 Å². The normalized spacial score (nSPS) is 14.6. The number of aryl methyl sites for hydroxylation is 1. The largest absolute Gasteiger partial charge is 0.493 e. The van der Waals surface area contributed by atoms with E-state index in [0.717, 1.165) is 61.6 Å². The van der Waals surface area contributed by atoms with E-state index in [4.69, 9.17) is 14.2 Å². The zero-order chi connectivity index (χ0) is 20.8. The molecular formula is C22H27N5O3. The van der Waals surface area contributed by atoms with Crippen LogP contribution >= 0.6 is 0 Å². The van der Waals surface area contributed by atoms with E-state index in [-0.39, 0.29) is 0 Å². The molecule has 1 fully saturated rings. The van der Waals surface area contributed by atoms with E-state index in [2.05, 4.69) is 25.2 Å². The van der Waals surface area contributed by atoms with Gasteiger partial charge in [-0.1, -0.05) is 6.07 Å². The van der Waals surface area contributed by atoms with Gasteiger partial charge in [0.05, 0.1) is 32.4 Å². The lowest BCUT2D eigenvalue weighted by Gasteiger charge is -2.26. The number of methoxy groups -OCH3 is 1. The number of aromatic nitrogens is 3. The predicted molar refractivity (Wildman–Crippen MR) is 116 cm³/mol. The Morgan fingerprint density at radius 2 is 1.97 bits per heavy atom. The van der Waals surface area contributed by atoms with Gasteiger partial charge in [-0.15, -0.1) is 0 Å². The first-order chi connectivity index (χ1) is 14.7. The van der Waals surface area contributed by atoms with Crippen molar-refractivity contribution in [2.75, 3.05) is 51.9 Å². The molecule has 1 saturated heterocycles. The molecule has 158 valence electrons. The molecule has 0 aliphatic carbocycles. The van der Waals surface area contributed by atoms with E-state index in [0.29, 0.717) is 23.9 Å². The molecule has 8 heteroatoms. The van der Waals surface area contributed by atoms with Crippen molar-refractivity contribution < 1.29 is 14.2 Å². The van der Waals surface area contributed by atoms with E-state index >= 15 is 0 Å². The molecule has 3 heterocycles. The summed E-state index contributed by atoms with van der Waals surface area (Å²) in [7, 11) is 1.64. The van der Waals surface area contributed by atoms with Crippen LogP contribution in [0.5, 0.6) is 11.5 Å². The maximum absolute atomic E-state index is 6.07. The van der Waals surface area contributed by atoms with Gasteiger partial charge in [0.2, 0.25) is 0 Å². The predicted octanol–water partition coefficient (Wildman–Crippen LogP) is 3.19. The Morgan fingerprint density at radius 3 is 2.77 bits per heavy atom. The van der Waals surface area contributed by atoms with Crippen LogP contribution in [-0.4, -0.2) is 66.4 Å². The van der Waals surface area contributed by atoms with E-state index < -0.39 is 0 Å². The molecule has 2 aromatic heterocycles. The monoisotopic (exact) mass is 409 g/mol. The van der Waals surface area contributed by atoms with E-state index in [9.17, 15) is 0 Å². The Hall–Kier alpha value is -2.97. The zero-order valence-corrected chi connectivity index (χ0v) is 17.4. The molecule has 0 bridgehead atoms. The highest BCUT2D eigenvalue weighted by Gasteiger charge is 2.14. The summed E-state index contributed by atoms with van der Waals surface area (Å²) >= 11 is 0. The summed E-state index contributed by atoms with van der Waals surface area (Å²) in [5.41, 5.74) is 1.82. The third-order valence-corrected chi connectivity index (χ3v) is 5.15. The average Bonchev–Trinajstić information content (AvgIpc) is 2.78. The maximum Gasteiger partial charge on any atom is 0.162 e. The highest BCUT2D eigenvalue weighted by molar-refractivity contribution is 5.92. The van der Waals surface area contributed by atoms with Crippen molar-refractivity contribution in [1.82, 2.24) is 19.9 Å². The van der Waals surface area contributed by atoms with Crippen molar-refractivity contribution in [1.29, 1.82) is 0 Å². The van der Waals surface area contributed by atoms with Crippen molar-refractivity contribution in [3.05, 3.63) is 42.4 Å². The molecule has 30 heavy (non-hydrogen) atoms. The van der Waals surface area contributed by atoms with E-state index in [1.165, 1.54) is 6.33 Å². The second kappa shape index (κ2) is 9.69. The van der Waals surface area contributed by atoms with Crippen LogP contribution in [-0.2, 0) is 4.74 Å². The summed E-state index contributed by atoms with van der Waals surface area (Å²) in [6.07, 6.45) is 4.22. The van der Waals surface area contributed by atoms with Gasteiger partial charge in [-0.3, -0.25) is 4.90 Å². The first-order valence-corrected chi connectivity index (χ1v) is 10.2. The van der Waals surface area contributed by atoms with Crippen LogP contribution in [0.1, 0.15) is 12.0 Å². The van der Waals surface area contributed by atoms with Crippen molar-refractivity contribution in [3.63, 3.8) is 0 Å². The van der Waals surface area contributed by atoms with Crippen LogP contribution in [0.3, 0.4) is 0 Å². The number of anilines is 2. The second-order valence-corrected chi connectivity index (χ2v) is 7.19. The molecule has 1 aliphatic rings. The number of fused-ring (bicyclic) bond motifs is 1. The molecule has 8 nitrogen and oxygen atoms in total. The summed E-state index contributed by atoms with van der Waals surface area (Å²) in [6, 6.07) is 7.73. The third kappa shape index (κ3) is 4.77. The van der Waals surface area contributed by atoms with Gasteiger partial charge in [-0.25, -0.2) is 15.0 Å². The molecule has 3 aromatic rings. The minimum Gasteiger partial charge on any atom is -0.493 e. The van der Waals surface area contributed by atoms with Crippen LogP contribution < -0.4 is 14.8 Å². The first-order valence-electron chi connectivity index (χ1n) is 10.2. The fourth-order valence-electron chi connectivity index (χ4n) is 3.46. The maximum atomic E-state index is 6.07. The lowest BCUT2D eigenvalue weighted by molar-refractivity contribution is 0.0357. The van der Waals surface area contributed by atoms with Gasteiger partial charge in [-0.2, -0.15) is 0 Å². The molecule has 1 aromatic carbocycles. The number of rotatable bonds is 8. The van der Waals surface area contributed by atoms with Gasteiger partial charge in [-0.05, 0) is 31.0 Å². The average molecular weight is 409 g/mol. The molecule has 4 rings (SSSR count). The van der Waals surface area contributed by atoms with Gasteiger partial charge < -0.3 is 19.5 Å². The summed E-state index contributed by atoms with van der Waals surface area (Å²) in [6.45, 7) is 7.20. The first kappa shape index (κ1) is 20.3. The van der Waals surface area contributed by atoms with Gasteiger partial charge in [0, 0.05) is 37.3 Å². The number of hydrogen-bond acceptors (Lipinski definition) is 8. The van der Waals surface area contributed by atoms with Crippen LogP contribution in [0.2, 0.25) is 0 Å². The molecule has 1 N–H and O–H groups in total. The van der Waals surface area contributed by atoms with E-state index in [1.54, 1.807) is 13.3 Å². The summed E-state index contributed by atoms with van der Waals surface area (Å²) in [5.74, 6) is 2.79. The lowest BCUT2D eigenvalue weighted by atomic mass is 10.2. The molecule has 0 atom stereocenters. The molecule has 0 spiro atoms.